The zero-order valence-electron chi connectivity index (χ0n) is 10.6. The smallest absolute Gasteiger partial charge is 0.177 e. The molecule has 2 aromatic heterocycles. The Morgan fingerprint density at radius 1 is 1.06 bits per heavy atom. The molecule has 3 heteroatoms. The van der Waals surface area contributed by atoms with Crippen LogP contribution in [0.1, 0.15) is 56.6 Å². The molecule has 16 heavy (non-hydrogen) atoms. The van der Waals surface area contributed by atoms with Gasteiger partial charge in [-0.05, 0) is 30.4 Å². The molecule has 0 amide bonds. The molecule has 0 aliphatic heterocycles. The largest absolute Gasteiger partial charge is 0.341 e. The highest BCUT2D eigenvalue weighted by Gasteiger charge is 2.14. The molecule has 0 unspecified atom stereocenters. The van der Waals surface area contributed by atoms with E-state index in [9.17, 15) is 0 Å². The molecule has 2 aromatic rings. The van der Waals surface area contributed by atoms with Gasteiger partial charge in [0, 0.05) is 5.69 Å². The van der Waals surface area contributed by atoms with Gasteiger partial charge in [0.1, 0.15) is 5.82 Å². The van der Waals surface area contributed by atoms with Crippen molar-refractivity contribution in [2.75, 3.05) is 0 Å². The average molecular weight is 217 g/mol. The Balaban J connectivity index is 2.70. The first-order valence-corrected chi connectivity index (χ1v) is 5.86. The fourth-order valence-electron chi connectivity index (χ4n) is 2.02. The third kappa shape index (κ3) is 1.82. The van der Waals surface area contributed by atoms with E-state index in [2.05, 4.69) is 48.7 Å². The van der Waals surface area contributed by atoms with Gasteiger partial charge in [-0.1, -0.05) is 27.7 Å². The van der Waals surface area contributed by atoms with E-state index >= 15 is 0 Å². The second kappa shape index (κ2) is 3.89. The zero-order chi connectivity index (χ0) is 11.9. The van der Waals surface area contributed by atoms with Crippen molar-refractivity contribution in [3.05, 3.63) is 23.1 Å². The molecular weight excluding hydrogens is 198 g/mol. The molecule has 0 aliphatic carbocycles. The maximum atomic E-state index is 4.67. The Bertz CT molecular complexity index is 464. The summed E-state index contributed by atoms with van der Waals surface area (Å²) in [5.41, 5.74) is 4.39. The van der Waals surface area contributed by atoms with Crippen molar-refractivity contribution in [2.45, 2.75) is 46.5 Å². The molecule has 0 saturated carbocycles. The lowest BCUT2D eigenvalue weighted by Crippen LogP contribution is -2.02. The summed E-state index contributed by atoms with van der Waals surface area (Å²) >= 11 is 0. The van der Waals surface area contributed by atoms with Gasteiger partial charge >= 0.3 is 0 Å². The maximum Gasteiger partial charge on any atom is 0.177 e. The number of imidazole rings is 1. The Hall–Kier alpha value is -1.38. The monoisotopic (exact) mass is 217 g/mol. The van der Waals surface area contributed by atoms with Crippen LogP contribution in [-0.4, -0.2) is 15.0 Å². The number of pyridine rings is 1. The topological polar surface area (TPSA) is 41.6 Å². The second-order valence-corrected chi connectivity index (χ2v) is 4.97. The number of aromatic amines is 1. The average Bonchev–Trinajstić information content (AvgIpc) is 2.54. The van der Waals surface area contributed by atoms with E-state index in [0.29, 0.717) is 11.8 Å². The van der Waals surface area contributed by atoms with Crippen molar-refractivity contribution in [1.29, 1.82) is 0 Å². The van der Waals surface area contributed by atoms with Crippen LogP contribution in [0.4, 0.5) is 0 Å². The van der Waals surface area contributed by atoms with Crippen molar-refractivity contribution in [3.63, 3.8) is 0 Å². The molecular formula is C13H19N3. The van der Waals surface area contributed by atoms with Crippen molar-refractivity contribution < 1.29 is 0 Å². The molecule has 0 spiro atoms. The van der Waals surface area contributed by atoms with Crippen LogP contribution in [-0.2, 0) is 0 Å². The van der Waals surface area contributed by atoms with Gasteiger partial charge in [0.15, 0.2) is 5.65 Å². The Labute approximate surface area is 96.3 Å². The van der Waals surface area contributed by atoms with Crippen molar-refractivity contribution in [1.82, 2.24) is 15.0 Å². The maximum absolute atomic E-state index is 4.67. The molecule has 0 fully saturated rings. The summed E-state index contributed by atoms with van der Waals surface area (Å²) in [7, 11) is 0. The summed E-state index contributed by atoms with van der Waals surface area (Å²) in [6, 6.07) is 2.20. The van der Waals surface area contributed by atoms with E-state index in [1.807, 2.05) is 6.92 Å². The van der Waals surface area contributed by atoms with Crippen LogP contribution in [0.15, 0.2) is 6.07 Å². The van der Waals surface area contributed by atoms with Crippen LogP contribution >= 0.6 is 0 Å². The first kappa shape index (κ1) is 11.1. The summed E-state index contributed by atoms with van der Waals surface area (Å²) in [5, 5.41) is 0. The van der Waals surface area contributed by atoms with Crippen molar-refractivity contribution >= 4 is 11.2 Å². The molecule has 3 nitrogen and oxygen atoms in total. The highest BCUT2D eigenvalue weighted by molar-refractivity contribution is 5.72. The summed E-state index contributed by atoms with van der Waals surface area (Å²) < 4.78 is 0. The first-order valence-electron chi connectivity index (χ1n) is 5.86. The lowest BCUT2D eigenvalue weighted by atomic mass is 9.95. The highest BCUT2D eigenvalue weighted by Crippen LogP contribution is 2.27. The molecule has 1 N–H and O–H groups in total. The van der Waals surface area contributed by atoms with Gasteiger partial charge in [-0.15, -0.1) is 0 Å². The number of nitrogens with one attached hydrogen (secondary N) is 1. The lowest BCUT2D eigenvalue weighted by Gasteiger charge is -2.14. The van der Waals surface area contributed by atoms with Crippen LogP contribution in [0.3, 0.4) is 0 Å². The van der Waals surface area contributed by atoms with Gasteiger partial charge < -0.3 is 4.98 Å². The first-order chi connectivity index (χ1) is 7.49. The van der Waals surface area contributed by atoms with Crippen LogP contribution in [0.2, 0.25) is 0 Å². The van der Waals surface area contributed by atoms with Gasteiger partial charge in [0.2, 0.25) is 0 Å². The molecule has 2 heterocycles. The van der Waals surface area contributed by atoms with E-state index in [1.165, 1.54) is 11.3 Å². The molecule has 0 bridgehead atoms. The number of fused-ring (bicyclic) bond motifs is 1. The van der Waals surface area contributed by atoms with E-state index < -0.39 is 0 Å². The standard InChI is InChI=1S/C13H19N3/c1-7(2)10-6-11-13(15-9(5)14-11)16-12(10)8(3)4/h6-8H,1-5H3,(H,14,15,16). The van der Waals surface area contributed by atoms with Crippen LogP contribution in [0.25, 0.3) is 11.2 Å². The van der Waals surface area contributed by atoms with E-state index in [1.54, 1.807) is 0 Å². The minimum absolute atomic E-state index is 0.443. The van der Waals surface area contributed by atoms with Gasteiger partial charge in [-0.2, -0.15) is 0 Å². The molecule has 0 saturated heterocycles. The summed E-state index contributed by atoms with van der Waals surface area (Å²) in [5.74, 6) is 1.87. The Morgan fingerprint density at radius 3 is 2.31 bits per heavy atom. The summed E-state index contributed by atoms with van der Waals surface area (Å²) in [4.78, 5) is 12.3. The number of aromatic nitrogens is 3. The number of aryl methyl sites for hydroxylation is 1. The molecule has 2 rings (SSSR count). The third-order valence-electron chi connectivity index (χ3n) is 2.82. The fraction of sp³-hybridized carbons (Fsp3) is 0.538. The van der Waals surface area contributed by atoms with Gasteiger partial charge in [0.05, 0.1) is 5.52 Å². The predicted octanol–water partition coefficient (Wildman–Crippen LogP) is 3.51. The van der Waals surface area contributed by atoms with Gasteiger partial charge in [0.25, 0.3) is 0 Å². The number of H-pyrrole nitrogens is 1. The number of rotatable bonds is 2. The van der Waals surface area contributed by atoms with Gasteiger partial charge in [-0.25, -0.2) is 9.97 Å². The van der Waals surface area contributed by atoms with Crippen molar-refractivity contribution in [2.24, 2.45) is 0 Å². The quantitative estimate of drug-likeness (QED) is 0.836. The van der Waals surface area contributed by atoms with E-state index in [-0.39, 0.29) is 0 Å². The van der Waals surface area contributed by atoms with Crippen LogP contribution in [0.5, 0.6) is 0 Å². The SMILES string of the molecule is Cc1nc2nc(C(C)C)c(C(C)C)cc2[nH]1. The fourth-order valence-corrected chi connectivity index (χ4v) is 2.02. The van der Waals surface area contributed by atoms with Crippen LogP contribution < -0.4 is 0 Å². The van der Waals surface area contributed by atoms with Crippen molar-refractivity contribution in [3.8, 4) is 0 Å². The summed E-state index contributed by atoms with van der Waals surface area (Å²) in [6.45, 7) is 10.7. The summed E-state index contributed by atoms with van der Waals surface area (Å²) in [6.07, 6.45) is 0. The van der Waals surface area contributed by atoms with Gasteiger partial charge in [-0.3, -0.25) is 0 Å². The Kier molecular flexibility index (Phi) is 2.70. The predicted molar refractivity (Wildman–Crippen MR) is 66.8 cm³/mol. The molecule has 0 radical (unpaired) electrons. The zero-order valence-corrected chi connectivity index (χ0v) is 10.6. The highest BCUT2D eigenvalue weighted by atomic mass is 15.0. The molecule has 0 aromatic carbocycles. The van der Waals surface area contributed by atoms with E-state index in [4.69, 9.17) is 0 Å². The lowest BCUT2D eigenvalue weighted by molar-refractivity contribution is 0.763. The van der Waals surface area contributed by atoms with Crippen LogP contribution in [0, 0.1) is 6.92 Å². The Morgan fingerprint density at radius 2 is 1.75 bits per heavy atom. The number of nitrogens with zero attached hydrogens (tertiary/aromatic N) is 2. The number of hydrogen-bond acceptors (Lipinski definition) is 2. The third-order valence-corrected chi connectivity index (χ3v) is 2.82. The minimum Gasteiger partial charge on any atom is -0.341 e. The number of hydrogen-bond donors (Lipinski definition) is 1. The molecule has 0 atom stereocenters. The second-order valence-electron chi connectivity index (χ2n) is 4.97. The minimum atomic E-state index is 0.443. The normalized spacial score (nSPS) is 11.9. The molecule has 0 aliphatic rings. The van der Waals surface area contributed by atoms with E-state index in [0.717, 1.165) is 17.0 Å². The molecule has 86 valence electrons.